The molecule has 2 aliphatic carbocycles. The van der Waals surface area contributed by atoms with E-state index in [2.05, 4.69) is 38.1 Å². The molecule has 2 saturated carbocycles. The zero-order valence-electron chi connectivity index (χ0n) is 13.6. The van der Waals surface area contributed by atoms with E-state index in [0.29, 0.717) is 5.92 Å². The molecule has 2 atom stereocenters. The largest absolute Gasteiger partial charge is 0.385 e. The molecule has 2 fully saturated rings. The highest BCUT2D eigenvalue weighted by molar-refractivity contribution is 5.36. The molecule has 0 amide bonds. The molecular formula is C20H30O. The van der Waals surface area contributed by atoms with E-state index in [1.165, 1.54) is 49.7 Å². The van der Waals surface area contributed by atoms with Crippen molar-refractivity contribution in [3.8, 4) is 0 Å². The number of benzene rings is 1. The van der Waals surface area contributed by atoms with Crippen molar-refractivity contribution in [3.63, 3.8) is 0 Å². The maximum absolute atomic E-state index is 11.4. The molecule has 3 rings (SSSR count). The Morgan fingerprint density at radius 2 is 1.76 bits per heavy atom. The highest BCUT2D eigenvalue weighted by atomic mass is 16.3. The smallest absolute Gasteiger partial charge is 0.0899 e. The van der Waals surface area contributed by atoms with Crippen molar-refractivity contribution >= 4 is 0 Å². The first kappa shape index (κ1) is 15.1. The lowest BCUT2D eigenvalue weighted by atomic mass is 9.73. The molecule has 116 valence electrons. The molecule has 1 aromatic carbocycles. The van der Waals surface area contributed by atoms with Gasteiger partial charge < -0.3 is 5.11 Å². The fourth-order valence-electron chi connectivity index (χ4n) is 4.28. The number of hydrogen-bond acceptors (Lipinski definition) is 1. The molecule has 21 heavy (non-hydrogen) atoms. The Hall–Kier alpha value is -0.820. The molecule has 1 aromatic rings. The summed E-state index contributed by atoms with van der Waals surface area (Å²) in [5, 5.41) is 11.4. The number of hydrogen-bond donors (Lipinski definition) is 1. The molecule has 2 aliphatic rings. The standard InChI is InChI=1S/C20H30O/c1-15(2)16-9-6-13-20(21,14-12-16)19-11-4-3-10-18(19)17-7-5-8-17/h3-4,10-11,15-17,21H,5-9,12-14H2,1-2H3. The number of rotatable bonds is 3. The predicted molar refractivity (Wildman–Crippen MR) is 88.3 cm³/mol. The fraction of sp³-hybridized carbons (Fsp3) is 0.700. The summed E-state index contributed by atoms with van der Waals surface area (Å²) in [6, 6.07) is 8.72. The van der Waals surface area contributed by atoms with E-state index in [9.17, 15) is 5.11 Å². The third-order valence-corrected chi connectivity index (χ3v) is 6.04. The van der Waals surface area contributed by atoms with Crippen molar-refractivity contribution < 1.29 is 5.11 Å². The van der Waals surface area contributed by atoms with Crippen molar-refractivity contribution in [2.24, 2.45) is 11.8 Å². The molecule has 2 unspecified atom stereocenters. The van der Waals surface area contributed by atoms with E-state index < -0.39 is 5.60 Å². The quantitative estimate of drug-likeness (QED) is 0.740. The highest BCUT2D eigenvalue weighted by Gasteiger charge is 2.36. The Labute approximate surface area is 129 Å². The van der Waals surface area contributed by atoms with Gasteiger partial charge in [0.25, 0.3) is 0 Å². The Morgan fingerprint density at radius 1 is 1.00 bits per heavy atom. The molecule has 1 N–H and O–H groups in total. The summed E-state index contributed by atoms with van der Waals surface area (Å²) in [7, 11) is 0. The van der Waals surface area contributed by atoms with Gasteiger partial charge in [-0.25, -0.2) is 0 Å². The first-order valence-corrected chi connectivity index (χ1v) is 8.92. The average molecular weight is 286 g/mol. The predicted octanol–water partition coefficient (Wildman–Crippen LogP) is 5.38. The van der Waals surface area contributed by atoms with E-state index in [4.69, 9.17) is 0 Å². The molecule has 0 saturated heterocycles. The average Bonchev–Trinajstić information content (AvgIpc) is 2.60. The fourth-order valence-corrected chi connectivity index (χ4v) is 4.28. The lowest BCUT2D eigenvalue weighted by Gasteiger charge is -2.35. The van der Waals surface area contributed by atoms with E-state index in [1.807, 2.05) is 0 Å². The van der Waals surface area contributed by atoms with Crippen molar-refractivity contribution in [1.82, 2.24) is 0 Å². The van der Waals surface area contributed by atoms with Crippen LogP contribution < -0.4 is 0 Å². The van der Waals surface area contributed by atoms with Gasteiger partial charge in [0, 0.05) is 0 Å². The van der Waals surface area contributed by atoms with Crippen molar-refractivity contribution in [2.45, 2.75) is 76.7 Å². The van der Waals surface area contributed by atoms with Gasteiger partial charge in [-0.2, -0.15) is 0 Å². The summed E-state index contributed by atoms with van der Waals surface area (Å²) in [4.78, 5) is 0. The summed E-state index contributed by atoms with van der Waals surface area (Å²) in [6.45, 7) is 4.66. The van der Waals surface area contributed by atoms with Crippen LogP contribution >= 0.6 is 0 Å². The third kappa shape index (κ3) is 3.04. The highest BCUT2D eigenvalue weighted by Crippen LogP contribution is 2.45. The molecular weight excluding hydrogens is 256 g/mol. The van der Waals surface area contributed by atoms with Crippen molar-refractivity contribution in [2.75, 3.05) is 0 Å². The van der Waals surface area contributed by atoms with Crippen LogP contribution in [0.25, 0.3) is 0 Å². The summed E-state index contributed by atoms with van der Waals surface area (Å²) in [5.41, 5.74) is 2.11. The Kier molecular flexibility index (Phi) is 4.40. The molecule has 1 nitrogen and oxygen atoms in total. The van der Waals surface area contributed by atoms with Gasteiger partial charge in [0.05, 0.1) is 5.60 Å². The molecule has 0 aromatic heterocycles. The summed E-state index contributed by atoms with van der Waals surface area (Å²) in [5.74, 6) is 2.23. The normalized spacial score (nSPS) is 31.0. The summed E-state index contributed by atoms with van der Waals surface area (Å²) < 4.78 is 0. The van der Waals surface area contributed by atoms with Crippen molar-refractivity contribution in [3.05, 3.63) is 35.4 Å². The first-order chi connectivity index (χ1) is 10.1. The van der Waals surface area contributed by atoms with Gasteiger partial charge in [0.15, 0.2) is 0 Å². The van der Waals surface area contributed by atoms with Gasteiger partial charge in [-0.15, -0.1) is 0 Å². The van der Waals surface area contributed by atoms with E-state index >= 15 is 0 Å². The van der Waals surface area contributed by atoms with Crippen LogP contribution in [0.1, 0.15) is 82.3 Å². The van der Waals surface area contributed by atoms with Crippen LogP contribution in [0.3, 0.4) is 0 Å². The molecule has 1 heteroatoms. The summed E-state index contributed by atoms with van der Waals surface area (Å²) in [6.07, 6.45) is 9.48. The maximum Gasteiger partial charge on any atom is 0.0899 e. The van der Waals surface area contributed by atoms with E-state index in [0.717, 1.165) is 24.7 Å². The van der Waals surface area contributed by atoms with E-state index in [-0.39, 0.29) is 0 Å². The van der Waals surface area contributed by atoms with Gasteiger partial charge in [-0.3, -0.25) is 0 Å². The third-order valence-electron chi connectivity index (χ3n) is 6.04. The Balaban J connectivity index is 1.85. The Bertz CT molecular complexity index is 474. The first-order valence-electron chi connectivity index (χ1n) is 8.92. The second-order valence-corrected chi connectivity index (χ2v) is 7.68. The second-order valence-electron chi connectivity index (χ2n) is 7.68. The minimum absolute atomic E-state index is 0.574. The lowest BCUT2D eigenvalue weighted by molar-refractivity contribution is 0.0175. The van der Waals surface area contributed by atoms with Crippen LogP contribution in [-0.2, 0) is 5.60 Å². The minimum Gasteiger partial charge on any atom is -0.385 e. The van der Waals surface area contributed by atoms with Crippen LogP contribution in [0.4, 0.5) is 0 Å². The molecule has 0 spiro atoms. The lowest BCUT2D eigenvalue weighted by Crippen LogP contribution is -2.28. The van der Waals surface area contributed by atoms with Crippen molar-refractivity contribution in [1.29, 1.82) is 0 Å². The summed E-state index contributed by atoms with van der Waals surface area (Å²) >= 11 is 0. The van der Waals surface area contributed by atoms with Crippen LogP contribution in [0, 0.1) is 11.8 Å². The van der Waals surface area contributed by atoms with Gasteiger partial charge >= 0.3 is 0 Å². The van der Waals surface area contributed by atoms with Gasteiger partial charge in [0.2, 0.25) is 0 Å². The molecule has 0 heterocycles. The molecule has 0 bridgehead atoms. The van der Waals surface area contributed by atoms with Gasteiger partial charge in [-0.05, 0) is 67.4 Å². The number of aliphatic hydroxyl groups is 1. The Morgan fingerprint density at radius 3 is 2.43 bits per heavy atom. The van der Waals surface area contributed by atoms with Gasteiger partial charge in [0.1, 0.15) is 0 Å². The minimum atomic E-state index is -0.574. The second kappa shape index (κ2) is 6.12. The van der Waals surface area contributed by atoms with Crippen LogP contribution in [0.5, 0.6) is 0 Å². The topological polar surface area (TPSA) is 20.2 Å². The van der Waals surface area contributed by atoms with Gasteiger partial charge in [-0.1, -0.05) is 51.0 Å². The maximum atomic E-state index is 11.4. The monoisotopic (exact) mass is 286 g/mol. The molecule has 0 radical (unpaired) electrons. The van der Waals surface area contributed by atoms with Crippen LogP contribution in [-0.4, -0.2) is 5.11 Å². The van der Waals surface area contributed by atoms with E-state index in [1.54, 1.807) is 0 Å². The SMILES string of the molecule is CC(C)C1CCCC(O)(c2ccccc2C2CCC2)CC1. The zero-order chi connectivity index (χ0) is 14.9. The molecule has 0 aliphatic heterocycles. The zero-order valence-corrected chi connectivity index (χ0v) is 13.6. The van der Waals surface area contributed by atoms with Crippen LogP contribution in [0.15, 0.2) is 24.3 Å². The van der Waals surface area contributed by atoms with Crippen LogP contribution in [0.2, 0.25) is 0 Å².